The van der Waals surface area contributed by atoms with Crippen molar-refractivity contribution in [1.82, 2.24) is 5.43 Å². The third kappa shape index (κ3) is 4.87. The second-order valence-electron chi connectivity index (χ2n) is 6.60. The Bertz CT molecular complexity index is 1140. The van der Waals surface area contributed by atoms with Gasteiger partial charge >= 0.3 is 0 Å². The van der Waals surface area contributed by atoms with E-state index in [1.54, 1.807) is 12.3 Å². The molecule has 0 radical (unpaired) electrons. The number of nitrogens with one attached hydrogen (secondary N) is 1. The van der Waals surface area contributed by atoms with Crippen LogP contribution in [-0.4, -0.2) is 12.1 Å². The van der Waals surface area contributed by atoms with Gasteiger partial charge in [-0.1, -0.05) is 60.7 Å². The van der Waals surface area contributed by atoms with Gasteiger partial charge in [-0.15, -0.1) is 0 Å². The Morgan fingerprint density at radius 3 is 2.34 bits per heavy atom. The van der Waals surface area contributed by atoms with Crippen LogP contribution in [0.15, 0.2) is 102 Å². The molecule has 142 valence electrons. The van der Waals surface area contributed by atoms with Gasteiger partial charge in [0.2, 0.25) is 0 Å². The minimum atomic E-state index is -0.241. The van der Waals surface area contributed by atoms with Crippen molar-refractivity contribution >= 4 is 22.9 Å². The molecule has 0 atom stereocenters. The molecule has 29 heavy (non-hydrogen) atoms. The summed E-state index contributed by atoms with van der Waals surface area (Å²) in [6.07, 6.45) is 1.61. The zero-order valence-corrected chi connectivity index (χ0v) is 15.8. The minimum absolute atomic E-state index is 0.241. The van der Waals surface area contributed by atoms with Gasteiger partial charge in [-0.2, -0.15) is 5.10 Å². The number of hydrogen-bond donors (Lipinski definition) is 1. The first-order chi connectivity index (χ1) is 14.3. The number of ether oxygens (including phenoxy) is 1. The third-order valence-electron chi connectivity index (χ3n) is 4.52. The highest BCUT2D eigenvalue weighted by molar-refractivity contribution is 5.98. The Morgan fingerprint density at radius 2 is 1.55 bits per heavy atom. The number of fused-ring (bicyclic) bond motifs is 1. The predicted octanol–water partition coefficient (Wildman–Crippen LogP) is 5.18. The Hall–Kier alpha value is -3.92. The zero-order valence-electron chi connectivity index (χ0n) is 15.8. The van der Waals surface area contributed by atoms with Crippen LogP contribution in [-0.2, 0) is 6.61 Å². The van der Waals surface area contributed by atoms with Gasteiger partial charge in [0.05, 0.1) is 6.21 Å². The molecule has 0 heterocycles. The molecule has 0 aliphatic rings. The number of nitrogens with zero attached hydrogens (tertiary/aromatic N) is 1. The number of rotatable bonds is 6. The zero-order chi connectivity index (χ0) is 19.9. The van der Waals surface area contributed by atoms with Gasteiger partial charge < -0.3 is 4.74 Å². The van der Waals surface area contributed by atoms with E-state index >= 15 is 0 Å². The number of hydrazone groups is 1. The highest BCUT2D eigenvalue weighted by atomic mass is 16.5. The van der Waals surface area contributed by atoms with Crippen LogP contribution in [0.5, 0.6) is 5.75 Å². The second-order valence-corrected chi connectivity index (χ2v) is 6.60. The lowest BCUT2D eigenvalue weighted by molar-refractivity contribution is 0.0955. The van der Waals surface area contributed by atoms with Crippen molar-refractivity contribution in [2.75, 3.05) is 0 Å². The van der Waals surface area contributed by atoms with Crippen molar-refractivity contribution in [2.45, 2.75) is 6.61 Å². The van der Waals surface area contributed by atoms with Crippen LogP contribution in [0, 0.1) is 0 Å². The fourth-order valence-corrected chi connectivity index (χ4v) is 2.95. The summed E-state index contributed by atoms with van der Waals surface area (Å²) in [5.74, 6) is 0.543. The summed E-state index contributed by atoms with van der Waals surface area (Å²) in [5.41, 5.74) is 5.14. The average molecular weight is 380 g/mol. The van der Waals surface area contributed by atoms with Gasteiger partial charge in [-0.05, 0) is 58.3 Å². The first kappa shape index (κ1) is 18.4. The van der Waals surface area contributed by atoms with Crippen molar-refractivity contribution in [3.8, 4) is 5.75 Å². The highest BCUT2D eigenvalue weighted by Gasteiger charge is 2.05. The number of hydrogen-bond acceptors (Lipinski definition) is 3. The maximum Gasteiger partial charge on any atom is 0.271 e. The summed E-state index contributed by atoms with van der Waals surface area (Å²) in [7, 11) is 0. The van der Waals surface area contributed by atoms with Crippen LogP contribution in [0.1, 0.15) is 21.5 Å². The van der Waals surface area contributed by atoms with E-state index in [2.05, 4.69) is 10.5 Å². The summed E-state index contributed by atoms with van der Waals surface area (Å²) >= 11 is 0. The van der Waals surface area contributed by atoms with E-state index in [0.717, 1.165) is 27.6 Å². The Labute approximate surface area is 169 Å². The summed E-state index contributed by atoms with van der Waals surface area (Å²) in [6.45, 7) is 0.524. The van der Waals surface area contributed by atoms with Gasteiger partial charge in [-0.3, -0.25) is 4.79 Å². The highest BCUT2D eigenvalue weighted by Crippen LogP contribution is 2.16. The van der Waals surface area contributed by atoms with Crippen LogP contribution in [0.3, 0.4) is 0 Å². The van der Waals surface area contributed by atoms with Crippen molar-refractivity contribution in [3.63, 3.8) is 0 Å². The molecule has 4 heteroatoms. The van der Waals surface area contributed by atoms with E-state index in [1.807, 2.05) is 91.0 Å². The van der Waals surface area contributed by atoms with E-state index in [1.165, 1.54) is 0 Å². The van der Waals surface area contributed by atoms with E-state index < -0.39 is 0 Å². The quantitative estimate of drug-likeness (QED) is 0.370. The normalized spacial score (nSPS) is 10.9. The fourth-order valence-electron chi connectivity index (χ4n) is 2.95. The van der Waals surface area contributed by atoms with Crippen molar-refractivity contribution < 1.29 is 9.53 Å². The van der Waals surface area contributed by atoms with Crippen molar-refractivity contribution in [3.05, 3.63) is 114 Å². The maximum absolute atomic E-state index is 12.3. The Morgan fingerprint density at radius 1 is 0.828 bits per heavy atom. The molecule has 4 aromatic carbocycles. The van der Waals surface area contributed by atoms with E-state index in [-0.39, 0.29) is 5.91 Å². The molecule has 0 unspecified atom stereocenters. The average Bonchev–Trinajstić information content (AvgIpc) is 2.79. The fraction of sp³-hybridized carbons (Fsp3) is 0.0400. The second kappa shape index (κ2) is 8.85. The molecule has 4 nitrogen and oxygen atoms in total. The Kier molecular flexibility index (Phi) is 5.63. The molecule has 0 saturated carbocycles. The summed E-state index contributed by atoms with van der Waals surface area (Å²) in [5, 5.41) is 6.18. The molecule has 1 amide bonds. The molecule has 0 aliphatic heterocycles. The van der Waals surface area contributed by atoms with Crippen molar-refractivity contribution in [1.29, 1.82) is 0 Å². The van der Waals surface area contributed by atoms with Gasteiger partial charge in [-0.25, -0.2) is 5.43 Å². The largest absolute Gasteiger partial charge is 0.489 e. The predicted molar refractivity (Wildman–Crippen MR) is 116 cm³/mol. The minimum Gasteiger partial charge on any atom is -0.489 e. The molecule has 0 aliphatic carbocycles. The molecule has 4 aromatic rings. The van der Waals surface area contributed by atoms with Crippen LogP contribution in [0.25, 0.3) is 10.8 Å². The molecule has 0 fully saturated rings. The lowest BCUT2D eigenvalue weighted by Crippen LogP contribution is -2.17. The first-order valence-electron chi connectivity index (χ1n) is 9.37. The van der Waals surface area contributed by atoms with Crippen LogP contribution < -0.4 is 10.2 Å². The monoisotopic (exact) mass is 380 g/mol. The van der Waals surface area contributed by atoms with Gasteiger partial charge in [0.25, 0.3) is 5.91 Å². The van der Waals surface area contributed by atoms with E-state index in [0.29, 0.717) is 12.2 Å². The molecular formula is C25H20N2O2. The first-order valence-corrected chi connectivity index (χ1v) is 9.37. The van der Waals surface area contributed by atoms with E-state index in [9.17, 15) is 4.79 Å². The Balaban J connectivity index is 1.33. The van der Waals surface area contributed by atoms with Gasteiger partial charge in [0.1, 0.15) is 12.4 Å². The summed E-state index contributed by atoms with van der Waals surface area (Å²) < 4.78 is 5.77. The van der Waals surface area contributed by atoms with Crippen LogP contribution >= 0.6 is 0 Å². The lowest BCUT2D eigenvalue weighted by atomic mass is 10.1. The number of carbonyl (C=O) groups excluding carboxylic acids is 1. The molecule has 1 N–H and O–H groups in total. The molecule has 0 saturated heterocycles. The SMILES string of the molecule is O=C(N/N=C\c1ccc(OCc2ccccc2)cc1)c1ccc2ccccc2c1. The van der Waals surface area contributed by atoms with Crippen LogP contribution in [0.4, 0.5) is 0 Å². The number of carbonyl (C=O) groups is 1. The maximum atomic E-state index is 12.3. The molecule has 0 spiro atoms. The third-order valence-corrected chi connectivity index (χ3v) is 4.52. The topological polar surface area (TPSA) is 50.7 Å². The molecule has 4 rings (SSSR count). The molecule has 0 aromatic heterocycles. The van der Waals surface area contributed by atoms with Gasteiger partial charge in [0, 0.05) is 5.56 Å². The smallest absolute Gasteiger partial charge is 0.271 e. The van der Waals surface area contributed by atoms with E-state index in [4.69, 9.17) is 4.74 Å². The van der Waals surface area contributed by atoms with Gasteiger partial charge in [0.15, 0.2) is 0 Å². The standard InChI is InChI=1S/C25H20N2O2/c28-25(23-13-12-21-8-4-5-9-22(21)16-23)27-26-17-19-10-14-24(15-11-19)29-18-20-6-2-1-3-7-20/h1-17H,18H2,(H,27,28)/b26-17-. The molecule has 0 bridgehead atoms. The molecular weight excluding hydrogens is 360 g/mol. The summed E-state index contributed by atoms with van der Waals surface area (Å²) in [6, 6.07) is 31.1. The van der Waals surface area contributed by atoms with Crippen molar-refractivity contribution in [2.24, 2.45) is 5.10 Å². The lowest BCUT2D eigenvalue weighted by Gasteiger charge is -2.06. The number of benzene rings is 4. The number of amides is 1. The summed E-state index contributed by atoms with van der Waals surface area (Å²) in [4.78, 5) is 12.3. The van der Waals surface area contributed by atoms with Crippen LogP contribution in [0.2, 0.25) is 0 Å².